The number of nitrogens with zero attached hydrogens (tertiary/aromatic N) is 1. The Labute approximate surface area is 65.4 Å². The van der Waals surface area contributed by atoms with Crippen molar-refractivity contribution in [2.75, 3.05) is 20.6 Å². The van der Waals surface area contributed by atoms with Gasteiger partial charge in [0.05, 0.1) is 0 Å². The average Bonchev–Trinajstić information content (AvgIpc) is 1.64. The van der Waals surface area contributed by atoms with Crippen LogP contribution < -0.4 is 5.73 Å². The fraction of sp³-hybridized carbons (Fsp3) is 1.00. The monoisotopic (exact) mass is 146 g/mol. The molecule has 64 valence electrons. The summed E-state index contributed by atoms with van der Waals surface area (Å²) in [5, 5.41) is 0. The predicted octanol–water partition coefficient (Wildman–Crippen LogP) is 1.31. The fourth-order valence-corrected chi connectivity index (χ4v) is 0. The summed E-state index contributed by atoms with van der Waals surface area (Å²) in [4.78, 5) is 2.19. The molecule has 0 unspecified atom stereocenters. The molecule has 10 heavy (non-hydrogen) atoms. The molecule has 2 heteroatoms. The molecule has 0 aliphatic heterocycles. The highest BCUT2D eigenvalue weighted by Gasteiger charge is 2.10. The van der Waals surface area contributed by atoms with Crippen LogP contribution in [0.3, 0.4) is 0 Å². The van der Waals surface area contributed by atoms with Crippen LogP contribution >= 0.6 is 0 Å². The van der Waals surface area contributed by atoms with Crippen molar-refractivity contribution in [1.82, 2.24) is 4.90 Å². The molecule has 0 spiro atoms. The molecule has 0 rings (SSSR count). The van der Waals surface area contributed by atoms with Crippen LogP contribution in [0.15, 0.2) is 0 Å². The molecule has 2 nitrogen and oxygen atoms in total. The summed E-state index contributed by atoms with van der Waals surface area (Å²) in [6.07, 6.45) is 0. The van der Waals surface area contributed by atoms with Gasteiger partial charge in [-0.3, -0.25) is 0 Å². The number of hydrogen-bond donors (Lipinski definition) is 1. The van der Waals surface area contributed by atoms with E-state index in [1.807, 2.05) is 6.92 Å². The summed E-state index contributed by atoms with van der Waals surface area (Å²) >= 11 is 0. The Kier molecular flexibility index (Phi) is 7.15. The second-order valence-electron chi connectivity index (χ2n) is 3.47. The molecular formula is C8H22N2. The molecule has 0 fully saturated rings. The Balaban J connectivity index is 0. The Morgan fingerprint density at radius 3 is 1.30 bits per heavy atom. The summed E-state index contributed by atoms with van der Waals surface area (Å²) in [5.74, 6) is 0. The van der Waals surface area contributed by atoms with E-state index in [1.165, 1.54) is 0 Å². The van der Waals surface area contributed by atoms with Gasteiger partial charge in [-0.15, -0.1) is 0 Å². The fourth-order valence-electron chi connectivity index (χ4n) is 0. The third kappa shape index (κ3) is 10.8. The first-order valence-electron chi connectivity index (χ1n) is 3.73. The maximum atomic E-state index is 4.85. The van der Waals surface area contributed by atoms with Crippen LogP contribution in [0.25, 0.3) is 0 Å². The minimum absolute atomic E-state index is 0.333. The molecule has 0 heterocycles. The van der Waals surface area contributed by atoms with Crippen LogP contribution in [0.1, 0.15) is 27.7 Å². The Morgan fingerprint density at radius 1 is 1.20 bits per heavy atom. The van der Waals surface area contributed by atoms with Gasteiger partial charge in [-0.1, -0.05) is 6.92 Å². The van der Waals surface area contributed by atoms with E-state index in [9.17, 15) is 0 Å². The predicted molar refractivity (Wildman–Crippen MR) is 48.2 cm³/mol. The van der Waals surface area contributed by atoms with E-state index in [2.05, 4.69) is 39.8 Å². The van der Waals surface area contributed by atoms with Gasteiger partial charge in [0, 0.05) is 5.54 Å². The zero-order chi connectivity index (χ0) is 8.78. The van der Waals surface area contributed by atoms with Crippen LogP contribution in [0.4, 0.5) is 0 Å². The zero-order valence-electron chi connectivity index (χ0n) is 8.23. The van der Waals surface area contributed by atoms with Crippen molar-refractivity contribution in [3.8, 4) is 0 Å². The van der Waals surface area contributed by atoms with E-state index < -0.39 is 0 Å². The van der Waals surface area contributed by atoms with Crippen molar-refractivity contribution in [3.05, 3.63) is 0 Å². The van der Waals surface area contributed by atoms with E-state index in [4.69, 9.17) is 5.73 Å². The standard InChI is InChI=1S/C6H15N.C2H7N/c1-6(2,3)7(4)5;1-2-3/h1-5H3;2-3H2,1H3. The first-order chi connectivity index (χ1) is 4.36. The van der Waals surface area contributed by atoms with Crippen molar-refractivity contribution < 1.29 is 0 Å². The molecule has 0 atom stereocenters. The highest BCUT2D eigenvalue weighted by atomic mass is 15.1. The van der Waals surface area contributed by atoms with E-state index >= 15 is 0 Å². The first-order valence-corrected chi connectivity index (χ1v) is 3.73. The van der Waals surface area contributed by atoms with Crippen molar-refractivity contribution in [1.29, 1.82) is 0 Å². The lowest BCUT2D eigenvalue weighted by atomic mass is 10.1. The largest absolute Gasteiger partial charge is 0.331 e. The maximum Gasteiger partial charge on any atom is 0.0118 e. The lowest BCUT2D eigenvalue weighted by Crippen LogP contribution is -2.34. The van der Waals surface area contributed by atoms with Crippen LogP contribution in [-0.4, -0.2) is 31.1 Å². The minimum Gasteiger partial charge on any atom is -0.331 e. The van der Waals surface area contributed by atoms with Crippen molar-refractivity contribution in [2.45, 2.75) is 33.2 Å². The summed E-state index contributed by atoms with van der Waals surface area (Å²) in [6, 6.07) is 0. The second kappa shape index (κ2) is 5.69. The zero-order valence-corrected chi connectivity index (χ0v) is 8.23. The summed E-state index contributed by atoms with van der Waals surface area (Å²) < 4.78 is 0. The third-order valence-electron chi connectivity index (χ3n) is 1.34. The van der Waals surface area contributed by atoms with E-state index in [0.29, 0.717) is 5.54 Å². The van der Waals surface area contributed by atoms with E-state index in [-0.39, 0.29) is 0 Å². The molecule has 2 N–H and O–H groups in total. The summed E-state index contributed by atoms with van der Waals surface area (Å²) in [7, 11) is 4.17. The molecule has 0 aliphatic carbocycles. The Bertz CT molecular complexity index is 62.1. The topological polar surface area (TPSA) is 29.3 Å². The number of hydrogen-bond acceptors (Lipinski definition) is 2. The summed E-state index contributed by atoms with van der Waals surface area (Å²) in [5.41, 5.74) is 5.18. The highest BCUT2D eigenvalue weighted by molar-refractivity contribution is 4.68. The molecule has 0 saturated heterocycles. The quantitative estimate of drug-likeness (QED) is 0.558. The van der Waals surface area contributed by atoms with Gasteiger partial charge in [0.1, 0.15) is 0 Å². The first kappa shape index (κ1) is 12.6. The molecule has 0 aliphatic rings. The molecule has 0 bridgehead atoms. The van der Waals surface area contributed by atoms with E-state index in [1.54, 1.807) is 0 Å². The van der Waals surface area contributed by atoms with Crippen LogP contribution in [-0.2, 0) is 0 Å². The van der Waals surface area contributed by atoms with Crippen LogP contribution in [0.5, 0.6) is 0 Å². The van der Waals surface area contributed by atoms with Gasteiger partial charge in [0.15, 0.2) is 0 Å². The Hall–Kier alpha value is -0.0800. The van der Waals surface area contributed by atoms with Gasteiger partial charge in [0.25, 0.3) is 0 Å². The second-order valence-corrected chi connectivity index (χ2v) is 3.47. The Morgan fingerprint density at radius 2 is 1.30 bits per heavy atom. The molecule has 0 saturated carbocycles. The number of rotatable bonds is 0. The molecule has 0 amide bonds. The van der Waals surface area contributed by atoms with Crippen molar-refractivity contribution in [2.24, 2.45) is 5.73 Å². The average molecular weight is 146 g/mol. The van der Waals surface area contributed by atoms with Gasteiger partial charge in [-0.25, -0.2) is 0 Å². The summed E-state index contributed by atoms with van der Waals surface area (Å²) in [6.45, 7) is 9.22. The molecule has 0 aromatic rings. The minimum atomic E-state index is 0.333. The smallest absolute Gasteiger partial charge is 0.0118 e. The van der Waals surface area contributed by atoms with Gasteiger partial charge in [-0.2, -0.15) is 0 Å². The number of nitrogens with two attached hydrogens (primary N) is 1. The van der Waals surface area contributed by atoms with Crippen LogP contribution in [0.2, 0.25) is 0 Å². The normalized spacial score (nSPS) is 10.8. The van der Waals surface area contributed by atoms with Crippen molar-refractivity contribution in [3.63, 3.8) is 0 Å². The molecular weight excluding hydrogens is 124 g/mol. The lowest BCUT2D eigenvalue weighted by molar-refractivity contribution is 0.219. The molecule has 0 radical (unpaired) electrons. The van der Waals surface area contributed by atoms with Gasteiger partial charge >= 0.3 is 0 Å². The van der Waals surface area contributed by atoms with Gasteiger partial charge in [-0.05, 0) is 41.4 Å². The third-order valence-corrected chi connectivity index (χ3v) is 1.34. The molecule has 0 aromatic carbocycles. The lowest BCUT2D eigenvalue weighted by Gasteiger charge is -2.27. The van der Waals surface area contributed by atoms with Gasteiger partial charge in [0.2, 0.25) is 0 Å². The maximum absolute atomic E-state index is 4.85. The highest BCUT2D eigenvalue weighted by Crippen LogP contribution is 2.05. The van der Waals surface area contributed by atoms with Crippen molar-refractivity contribution >= 4 is 0 Å². The van der Waals surface area contributed by atoms with Gasteiger partial charge < -0.3 is 10.6 Å². The SMILES string of the molecule is CCN.CN(C)C(C)(C)C. The molecule has 0 aromatic heterocycles. The van der Waals surface area contributed by atoms with E-state index in [0.717, 1.165) is 6.54 Å². The van der Waals surface area contributed by atoms with Crippen LogP contribution in [0, 0.1) is 0 Å².